The molecule has 2 aliphatic heterocycles. The van der Waals surface area contributed by atoms with Gasteiger partial charge in [-0.15, -0.1) is 0 Å². The third-order valence-electron chi connectivity index (χ3n) is 6.07. The second-order valence-electron chi connectivity index (χ2n) is 8.06. The summed E-state index contributed by atoms with van der Waals surface area (Å²) in [4.78, 5) is 15.0. The lowest BCUT2D eigenvalue weighted by molar-refractivity contribution is -0.00930. The number of carbonyl (C=O) groups is 1. The molecule has 1 fully saturated rings. The minimum Gasteiger partial charge on any atom is -0.479 e. The molecule has 1 amide bonds. The molecule has 1 aromatic heterocycles. The van der Waals surface area contributed by atoms with E-state index in [0.717, 1.165) is 23.4 Å². The molecule has 0 N–H and O–H groups in total. The van der Waals surface area contributed by atoms with E-state index in [9.17, 15) is 13.2 Å². The minimum absolute atomic E-state index is 0.147. The van der Waals surface area contributed by atoms with Crippen molar-refractivity contribution in [2.24, 2.45) is 0 Å². The van der Waals surface area contributed by atoms with E-state index < -0.39 is 15.4 Å². The largest absolute Gasteiger partial charge is 0.479 e. The van der Waals surface area contributed by atoms with Gasteiger partial charge in [0.15, 0.2) is 15.4 Å². The first-order chi connectivity index (χ1) is 14.8. The number of amides is 1. The summed E-state index contributed by atoms with van der Waals surface area (Å²) in [7, 11) is -3.38. The Morgan fingerprint density at radius 3 is 2.58 bits per heavy atom. The fraction of sp³-hybridized carbons (Fsp3) is 0.261. The Labute approximate surface area is 185 Å². The summed E-state index contributed by atoms with van der Waals surface area (Å²) in [5.41, 5.74) is 1.86. The number of nitrogens with zero attached hydrogens (tertiary/aromatic N) is 2. The van der Waals surface area contributed by atoms with Crippen LogP contribution in [0.5, 0.6) is 5.75 Å². The standard InChI is InChI=1S/C23H21ClN2O4S/c1-31(28,29)18-5-2-4-16(14-18)22(27)25-12-9-23(10-13-25)21-6-3-11-26(21)19-8-7-17(24)15-20(19)30-23/h2-8,11,14-15H,9-10,12-13H2,1H3. The van der Waals surface area contributed by atoms with Gasteiger partial charge in [-0.1, -0.05) is 17.7 Å². The number of likely N-dealkylation sites (tertiary alicyclic amines) is 1. The Hall–Kier alpha value is -2.77. The van der Waals surface area contributed by atoms with E-state index >= 15 is 0 Å². The van der Waals surface area contributed by atoms with E-state index in [-0.39, 0.29) is 10.8 Å². The molecule has 0 unspecified atom stereocenters. The van der Waals surface area contributed by atoms with E-state index in [0.29, 0.717) is 36.5 Å². The first-order valence-electron chi connectivity index (χ1n) is 10.0. The van der Waals surface area contributed by atoms with E-state index in [2.05, 4.69) is 10.6 Å². The van der Waals surface area contributed by atoms with Crippen LogP contribution >= 0.6 is 11.6 Å². The van der Waals surface area contributed by atoms with Gasteiger partial charge >= 0.3 is 0 Å². The summed E-state index contributed by atoms with van der Waals surface area (Å²) in [5.74, 6) is 0.562. The van der Waals surface area contributed by atoms with Crippen LogP contribution in [-0.2, 0) is 15.4 Å². The molecule has 0 bridgehead atoms. The van der Waals surface area contributed by atoms with Crippen LogP contribution in [-0.4, -0.2) is 43.1 Å². The van der Waals surface area contributed by atoms with Gasteiger partial charge < -0.3 is 14.2 Å². The summed E-state index contributed by atoms with van der Waals surface area (Å²) in [6, 6.07) is 15.9. The number of rotatable bonds is 2. The maximum absolute atomic E-state index is 13.1. The van der Waals surface area contributed by atoms with Crippen LogP contribution in [0.2, 0.25) is 5.02 Å². The number of piperidine rings is 1. The summed E-state index contributed by atoms with van der Waals surface area (Å²) in [6.07, 6.45) is 4.41. The highest BCUT2D eigenvalue weighted by Crippen LogP contribution is 2.45. The number of fused-ring (bicyclic) bond motifs is 4. The predicted octanol–water partition coefficient (Wildman–Crippen LogP) is 4.06. The third-order valence-corrected chi connectivity index (χ3v) is 7.42. The average molecular weight is 457 g/mol. The van der Waals surface area contributed by atoms with Crippen LogP contribution < -0.4 is 4.74 Å². The van der Waals surface area contributed by atoms with Crippen molar-refractivity contribution in [2.75, 3.05) is 19.3 Å². The van der Waals surface area contributed by atoms with Gasteiger partial charge in [0.1, 0.15) is 5.75 Å². The van der Waals surface area contributed by atoms with E-state index in [1.54, 1.807) is 17.0 Å². The molecule has 3 heterocycles. The Balaban J connectivity index is 1.40. The normalized spacial score (nSPS) is 17.0. The zero-order valence-corrected chi connectivity index (χ0v) is 18.5. The third kappa shape index (κ3) is 3.42. The van der Waals surface area contributed by atoms with Gasteiger partial charge in [0, 0.05) is 55.0 Å². The molecular formula is C23H21ClN2O4S. The van der Waals surface area contributed by atoms with Gasteiger partial charge in [-0.3, -0.25) is 4.79 Å². The highest BCUT2D eigenvalue weighted by molar-refractivity contribution is 7.90. The maximum Gasteiger partial charge on any atom is 0.253 e. The number of hydrogen-bond acceptors (Lipinski definition) is 4. The number of aromatic nitrogens is 1. The summed E-state index contributed by atoms with van der Waals surface area (Å²) >= 11 is 6.20. The highest BCUT2D eigenvalue weighted by atomic mass is 35.5. The fourth-order valence-electron chi connectivity index (χ4n) is 4.47. The Bertz CT molecular complexity index is 1290. The van der Waals surface area contributed by atoms with Crippen LogP contribution in [0, 0.1) is 0 Å². The lowest BCUT2D eigenvalue weighted by atomic mass is 9.86. The lowest BCUT2D eigenvalue weighted by Gasteiger charge is -2.45. The molecule has 31 heavy (non-hydrogen) atoms. The first-order valence-corrected chi connectivity index (χ1v) is 12.3. The van der Waals surface area contributed by atoms with Gasteiger partial charge in [-0.05, 0) is 42.5 Å². The maximum atomic E-state index is 13.1. The molecule has 3 aromatic rings. The number of carbonyl (C=O) groups excluding carboxylic acids is 1. The van der Waals surface area contributed by atoms with Crippen molar-refractivity contribution in [2.45, 2.75) is 23.3 Å². The molecule has 8 heteroatoms. The van der Waals surface area contributed by atoms with E-state index in [1.807, 2.05) is 30.5 Å². The molecule has 1 saturated heterocycles. The summed E-state index contributed by atoms with van der Waals surface area (Å²) in [6.45, 7) is 1.01. The second-order valence-corrected chi connectivity index (χ2v) is 10.5. The van der Waals surface area contributed by atoms with Crippen LogP contribution in [0.15, 0.2) is 65.7 Å². The van der Waals surface area contributed by atoms with Gasteiger partial charge in [0.25, 0.3) is 5.91 Å². The Morgan fingerprint density at radius 1 is 1.06 bits per heavy atom. The molecule has 2 aromatic carbocycles. The lowest BCUT2D eigenvalue weighted by Crippen LogP contribution is -2.50. The second kappa shape index (κ2) is 7.14. The molecule has 0 atom stereocenters. The van der Waals surface area contributed by atoms with Crippen molar-refractivity contribution in [1.29, 1.82) is 0 Å². The van der Waals surface area contributed by atoms with Crippen LogP contribution in [0.1, 0.15) is 28.9 Å². The van der Waals surface area contributed by atoms with E-state index in [4.69, 9.17) is 16.3 Å². The molecule has 0 aliphatic carbocycles. The quantitative estimate of drug-likeness (QED) is 0.583. The van der Waals surface area contributed by atoms with Gasteiger partial charge in [0.05, 0.1) is 16.3 Å². The Kier molecular flexibility index (Phi) is 4.64. The molecule has 0 radical (unpaired) electrons. The molecule has 5 rings (SSSR count). The first kappa shape index (κ1) is 20.2. The highest BCUT2D eigenvalue weighted by Gasteiger charge is 2.44. The summed E-state index contributed by atoms with van der Waals surface area (Å²) in [5, 5.41) is 0.614. The molecule has 160 valence electrons. The molecule has 2 aliphatic rings. The van der Waals surface area contributed by atoms with Crippen LogP contribution in [0.4, 0.5) is 0 Å². The number of benzene rings is 2. The number of ether oxygens (including phenoxy) is 1. The van der Waals surface area contributed by atoms with E-state index in [1.165, 1.54) is 12.1 Å². The van der Waals surface area contributed by atoms with Crippen molar-refractivity contribution in [1.82, 2.24) is 9.47 Å². The average Bonchev–Trinajstić information content (AvgIpc) is 3.24. The molecule has 1 spiro atoms. The summed E-state index contributed by atoms with van der Waals surface area (Å²) < 4.78 is 32.3. The Morgan fingerprint density at radius 2 is 1.84 bits per heavy atom. The van der Waals surface area contributed by atoms with Gasteiger partial charge in [-0.25, -0.2) is 8.42 Å². The zero-order valence-electron chi connectivity index (χ0n) is 16.9. The predicted molar refractivity (Wildman–Crippen MR) is 118 cm³/mol. The van der Waals surface area contributed by atoms with Crippen molar-refractivity contribution in [3.63, 3.8) is 0 Å². The van der Waals surface area contributed by atoms with Crippen molar-refractivity contribution in [3.8, 4) is 11.4 Å². The van der Waals surface area contributed by atoms with Gasteiger partial charge in [-0.2, -0.15) is 0 Å². The van der Waals surface area contributed by atoms with Crippen molar-refractivity contribution in [3.05, 3.63) is 77.1 Å². The number of halogens is 1. The van der Waals surface area contributed by atoms with Crippen LogP contribution in [0.3, 0.4) is 0 Å². The van der Waals surface area contributed by atoms with Gasteiger partial charge in [0.2, 0.25) is 0 Å². The molecule has 6 nitrogen and oxygen atoms in total. The monoisotopic (exact) mass is 456 g/mol. The van der Waals surface area contributed by atoms with Crippen molar-refractivity contribution >= 4 is 27.3 Å². The SMILES string of the molecule is CS(=O)(=O)c1cccc(C(=O)N2CCC3(CC2)Oc2cc(Cl)ccc2-n2cccc23)c1. The zero-order chi connectivity index (χ0) is 21.8. The van der Waals surface area contributed by atoms with Crippen LogP contribution in [0.25, 0.3) is 5.69 Å². The molecule has 0 saturated carbocycles. The van der Waals surface area contributed by atoms with Crippen molar-refractivity contribution < 1.29 is 17.9 Å². The number of sulfone groups is 1. The number of hydrogen-bond donors (Lipinski definition) is 0. The fourth-order valence-corrected chi connectivity index (χ4v) is 5.29. The molecular weight excluding hydrogens is 436 g/mol. The smallest absolute Gasteiger partial charge is 0.253 e. The topological polar surface area (TPSA) is 68.6 Å². The minimum atomic E-state index is -3.38.